The second-order valence-electron chi connectivity index (χ2n) is 11.2. The summed E-state index contributed by atoms with van der Waals surface area (Å²) >= 11 is 0. The third kappa shape index (κ3) is 3.63. The van der Waals surface area contributed by atoms with Crippen molar-refractivity contribution in [2.75, 3.05) is 13.5 Å². The molecule has 7 rings (SSSR count). The van der Waals surface area contributed by atoms with E-state index in [1.165, 1.54) is 0 Å². The largest absolute Gasteiger partial charge is 0.507 e. The smallest absolute Gasteiger partial charge is 0.198 e. The molecular weight excluding hydrogens is 504 g/mol. The van der Waals surface area contributed by atoms with Crippen molar-refractivity contribution in [3.05, 3.63) is 57.6 Å². The number of phenols is 2. The van der Waals surface area contributed by atoms with Crippen molar-refractivity contribution in [3.63, 3.8) is 0 Å². The summed E-state index contributed by atoms with van der Waals surface area (Å²) in [5.41, 5.74) is 0.182. The van der Waals surface area contributed by atoms with E-state index in [9.17, 15) is 19.8 Å². The third-order valence-electron chi connectivity index (χ3n) is 9.24. The summed E-state index contributed by atoms with van der Waals surface area (Å²) in [4.78, 5) is 27.1. The van der Waals surface area contributed by atoms with Crippen LogP contribution in [0.1, 0.15) is 82.2 Å². The van der Waals surface area contributed by atoms with Crippen LogP contribution in [0.3, 0.4) is 0 Å². The van der Waals surface area contributed by atoms with Crippen molar-refractivity contribution >= 4 is 11.6 Å². The predicted molar refractivity (Wildman–Crippen MR) is 137 cm³/mol. The van der Waals surface area contributed by atoms with Crippen molar-refractivity contribution in [2.45, 2.75) is 81.8 Å². The predicted octanol–water partition coefficient (Wildman–Crippen LogP) is 2.42. The Morgan fingerprint density at radius 1 is 1.05 bits per heavy atom. The molecule has 1 spiro atoms. The van der Waals surface area contributed by atoms with Crippen LogP contribution in [0.2, 0.25) is 0 Å². The molecule has 39 heavy (non-hydrogen) atoms. The average molecular weight is 537 g/mol. The molecule has 0 bridgehead atoms. The van der Waals surface area contributed by atoms with E-state index in [4.69, 9.17) is 18.9 Å². The molecule has 2 aliphatic carbocycles. The van der Waals surface area contributed by atoms with Crippen LogP contribution in [-0.2, 0) is 25.4 Å². The van der Waals surface area contributed by atoms with Crippen LogP contribution in [0.5, 0.6) is 11.5 Å². The fourth-order valence-corrected chi connectivity index (χ4v) is 7.11. The molecule has 3 saturated heterocycles. The van der Waals surface area contributed by atoms with Gasteiger partial charge in [-0.2, -0.15) is 0 Å². The van der Waals surface area contributed by atoms with E-state index in [1.807, 2.05) is 13.8 Å². The number of fused-ring (bicyclic) bond motifs is 4. The van der Waals surface area contributed by atoms with Gasteiger partial charge >= 0.3 is 0 Å². The maximum atomic E-state index is 13.6. The van der Waals surface area contributed by atoms with Crippen molar-refractivity contribution in [1.82, 2.24) is 10.6 Å². The molecule has 0 saturated carbocycles. The average Bonchev–Trinajstić information content (AvgIpc) is 3.55. The molecule has 0 aromatic heterocycles. The lowest BCUT2D eigenvalue weighted by atomic mass is 9.70. The van der Waals surface area contributed by atoms with Gasteiger partial charge in [0.15, 0.2) is 17.9 Å². The number of benzene rings is 2. The monoisotopic (exact) mass is 536 g/mol. The maximum absolute atomic E-state index is 13.6. The number of aromatic hydroxyl groups is 2. The lowest BCUT2D eigenvalue weighted by Gasteiger charge is -2.44. The number of hydrogen-bond donors (Lipinski definition) is 4. The first-order chi connectivity index (χ1) is 18.8. The number of rotatable bonds is 3. The highest BCUT2D eigenvalue weighted by Crippen LogP contribution is 2.53. The molecule has 3 aliphatic heterocycles. The first kappa shape index (κ1) is 25.1. The molecule has 4 N–H and O–H groups in total. The van der Waals surface area contributed by atoms with Crippen molar-refractivity contribution < 1.29 is 38.7 Å². The molecule has 2 aromatic rings. The zero-order valence-electron chi connectivity index (χ0n) is 21.9. The molecule has 2 aromatic carbocycles. The zero-order chi connectivity index (χ0) is 27.1. The minimum Gasteiger partial charge on any atom is -0.507 e. The normalized spacial score (nSPS) is 35.0. The molecule has 10 nitrogen and oxygen atoms in total. The Bertz CT molecular complexity index is 1380. The summed E-state index contributed by atoms with van der Waals surface area (Å²) in [6.45, 7) is 4.77. The summed E-state index contributed by atoms with van der Waals surface area (Å²) in [6, 6.07) is 6.54. The van der Waals surface area contributed by atoms with Gasteiger partial charge in [-0.15, -0.1) is 0 Å². The number of carbonyl (C=O) groups is 2. The van der Waals surface area contributed by atoms with Gasteiger partial charge in [0.25, 0.3) is 0 Å². The van der Waals surface area contributed by atoms with Crippen LogP contribution in [0.4, 0.5) is 0 Å². The minimum atomic E-state index is -0.733. The quantitative estimate of drug-likeness (QED) is 0.370. The van der Waals surface area contributed by atoms with Gasteiger partial charge in [0.05, 0.1) is 48.4 Å². The van der Waals surface area contributed by atoms with Crippen molar-refractivity contribution in [2.24, 2.45) is 0 Å². The molecule has 3 fully saturated rings. The topological polar surface area (TPSA) is 136 Å². The lowest BCUT2D eigenvalue weighted by molar-refractivity contribution is -0.245. The van der Waals surface area contributed by atoms with E-state index in [0.29, 0.717) is 43.9 Å². The molecule has 10 heteroatoms. The van der Waals surface area contributed by atoms with Gasteiger partial charge in [-0.3, -0.25) is 20.2 Å². The van der Waals surface area contributed by atoms with E-state index in [1.54, 1.807) is 24.3 Å². The van der Waals surface area contributed by atoms with Crippen molar-refractivity contribution in [3.8, 4) is 11.5 Å². The number of hydrogen-bond acceptors (Lipinski definition) is 10. The number of phenolic OH excluding ortho intramolecular Hbond substituents is 2. The Labute approximate surface area is 225 Å². The standard InChI is InChI=1S/C29H32N2O8/c1-3-18-28-17(30-11-37-28)8-20(38-18)39-19-10-29(13(2)36-12-31-29)9-16-21(19)27(35)23-22(26(16)34)24(32)14-6-4-5-7-15(14)25(23)33/h4-7,13,17-20,28,30-31,34-35H,3,8-12H2,1-2H3/t13?,17-,18-,19-,20-,28-,29-/m0/s1. The van der Waals surface area contributed by atoms with Gasteiger partial charge in [0.1, 0.15) is 17.6 Å². The maximum Gasteiger partial charge on any atom is 0.198 e. The first-order valence-corrected chi connectivity index (χ1v) is 13.6. The molecular formula is C29H32N2O8. The Morgan fingerprint density at radius 2 is 1.77 bits per heavy atom. The highest BCUT2D eigenvalue weighted by molar-refractivity contribution is 6.30. The Morgan fingerprint density at radius 3 is 2.44 bits per heavy atom. The van der Waals surface area contributed by atoms with Crippen LogP contribution < -0.4 is 10.6 Å². The molecule has 0 radical (unpaired) electrons. The van der Waals surface area contributed by atoms with E-state index >= 15 is 0 Å². The highest BCUT2D eigenvalue weighted by atomic mass is 16.7. The van der Waals surface area contributed by atoms with Gasteiger partial charge in [0, 0.05) is 34.7 Å². The van der Waals surface area contributed by atoms with Gasteiger partial charge in [-0.1, -0.05) is 31.2 Å². The highest BCUT2D eigenvalue weighted by Gasteiger charge is 2.52. The Balaban J connectivity index is 1.34. The Kier molecular flexibility index (Phi) is 5.85. The number of nitrogens with one attached hydrogen (secondary N) is 2. The van der Waals surface area contributed by atoms with Crippen molar-refractivity contribution in [1.29, 1.82) is 0 Å². The van der Waals surface area contributed by atoms with E-state index < -0.39 is 29.5 Å². The third-order valence-corrected chi connectivity index (χ3v) is 9.24. The first-order valence-electron chi connectivity index (χ1n) is 13.6. The molecule has 0 amide bonds. The zero-order valence-corrected chi connectivity index (χ0v) is 21.9. The van der Waals surface area contributed by atoms with Gasteiger partial charge < -0.3 is 29.2 Å². The summed E-state index contributed by atoms with van der Waals surface area (Å²) in [5.74, 6) is -1.60. The number of carbonyl (C=O) groups excluding carboxylic acids is 2. The minimum absolute atomic E-state index is 0.0575. The van der Waals surface area contributed by atoms with Crippen LogP contribution >= 0.6 is 0 Å². The van der Waals surface area contributed by atoms with Crippen LogP contribution in [0, 0.1) is 0 Å². The summed E-state index contributed by atoms with van der Waals surface area (Å²) < 4.78 is 24.6. The lowest BCUT2D eigenvalue weighted by Crippen LogP contribution is -2.54. The fraction of sp³-hybridized carbons (Fsp3) is 0.517. The molecule has 1 unspecified atom stereocenters. The summed E-state index contributed by atoms with van der Waals surface area (Å²) in [6.07, 6.45) is 0.222. The van der Waals surface area contributed by atoms with Gasteiger partial charge in [-0.25, -0.2) is 0 Å². The van der Waals surface area contributed by atoms with E-state index in [-0.39, 0.29) is 58.1 Å². The number of ether oxygens (including phenoxy) is 4. The molecule has 7 atom stereocenters. The second kappa shape index (κ2) is 9.09. The van der Waals surface area contributed by atoms with Crippen LogP contribution in [-0.4, -0.2) is 71.4 Å². The van der Waals surface area contributed by atoms with E-state index in [2.05, 4.69) is 10.6 Å². The van der Waals surface area contributed by atoms with Gasteiger partial charge in [0.2, 0.25) is 0 Å². The molecule has 3 heterocycles. The molecule has 5 aliphatic rings. The molecule has 206 valence electrons. The Hall–Kier alpha value is -2.86. The van der Waals surface area contributed by atoms with Crippen LogP contribution in [0.15, 0.2) is 24.3 Å². The summed E-state index contributed by atoms with van der Waals surface area (Å²) in [7, 11) is 0. The van der Waals surface area contributed by atoms with Gasteiger partial charge in [-0.05, 0) is 26.2 Å². The second-order valence-corrected chi connectivity index (χ2v) is 11.2. The fourth-order valence-electron chi connectivity index (χ4n) is 7.11. The van der Waals surface area contributed by atoms with Crippen LogP contribution in [0.25, 0.3) is 0 Å². The summed E-state index contributed by atoms with van der Waals surface area (Å²) in [5, 5.41) is 30.1. The van der Waals surface area contributed by atoms with E-state index in [0.717, 1.165) is 6.42 Å². The number of ketones is 2. The SMILES string of the molecule is CC[C@@H]1O[C@@H](O[C@H]2C[C@]3(Cc4c(O)c5c(c(O)c42)C(=O)c2ccccc2C5=O)NCOC3C)C[C@@H]2NCO[C@@H]21.